The lowest BCUT2D eigenvalue weighted by atomic mass is 10.3. The van der Waals surface area contributed by atoms with Crippen molar-refractivity contribution in [1.82, 2.24) is 10.0 Å². The lowest BCUT2D eigenvalue weighted by Gasteiger charge is -2.21. The van der Waals surface area contributed by atoms with E-state index in [-0.39, 0.29) is 5.70 Å². The number of aromatic nitrogens is 1. The van der Waals surface area contributed by atoms with E-state index in [1.165, 1.54) is 23.7 Å². The van der Waals surface area contributed by atoms with E-state index in [4.69, 9.17) is 0 Å². The highest BCUT2D eigenvalue weighted by molar-refractivity contribution is 6.28. The van der Waals surface area contributed by atoms with Crippen molar-refractivity contribution in [1.29, 1.82) is 0 Å². The molecule has 6 nitrogen and oxygen atoms in total. The first-order chi connectivity index (χ1) is 8.04. The quantitative estimate of drug-likeness (QED) is 0.453. The molecular weight excluding hydrogens is 222 g/mol. The predicted octanol–water partition coefficient (Wildman–Crippen LogP) is -1.65. The number of hydrazine groups is 1. The van der Waals surface area contributed by atoms with Gasteiger partial charge in [-0.2, -0.15) is 9.58 Å². The summed E-state index contributed by atoms with van der Waals surface area (Å²) >= 11 is 0. The van der Waals surface area contributed by atoms with Gasteiger partial charge in [-0.05, 0) is 0 Å². The molecule has 1 aromatic heterocycles. The Morgan fingerprint density at radius 3 is 2.18 bits per heavy atom. The van der Waals surface area contributed by atoms with Gasteiger partial charge < -0.3 is 5.11 Å². The number of imide groups is 1. The van der Waals surface area contributed by atoms with Crippen molar-refractivity contribution in [3.8, 4) is 0 Å². The Bertz CT molecular complexity index is 508. The van der Waals surface area contributed by atoms with E-state index >= 15 is 0 Å². The lowest BCUT2D eigenvalue weighted by molar-refractivity contribution is -0.581. The first kappa shape index (κ1) is 11.3. The largest absolute Gasteiger partial charge is 0.864 e. The third kappa shape index (κ3) is 1.68. The van der Waals surface area contributed by atoms with Gasteiger partial charge in [0.05, 0.1) is 0 Å². The molecule has 1 aliphatic rings. The minimum Gasteiger partial charge on any atom is -0.864 e. The zero-order valence-corrected chi connectivity index (χ0v) is 9.45. The number of nitrogens with zero attached hydrogens (tertiary/aromatic N) is 3. The molecule has 2 heterocycles. The number of carbonyl (C=O) groups excluding carboxylic acids is 2. The van der Waals surface area contributed by atoms with Crippen LogP contribution in [0.2, 0.25) is 0 Å². The summed E-state index contributed by atoms with van der Waals surface area (Å²) in [6.45, 7) is 0. The highest BCUT2D eigenvalue weighted by Crippen LogP contribution is 2.16. The minimum atomic E-state index is -0.827. The topological polar surface area (TPSA) is 67.6 Å². The van der Waals surface area contributed by atoms with E-state index in [1.807, 2.05) is 0 Å². The van der Waals surface area contributed by atoms with E-state index < -0.39 is 17.6 Å². The van der Waals surface area contributed by atoms with Crippen molar-refractivity contribution >= 4 is 17.5 Å². The van der Waals surface area contributed by atoms with Gasteiger partial charge in [0.2, 0.25) is 0 Å². The summed E-state index contributed by atoms with van der Waals surface area (Å²) in [5.41, 5.74) is -0.149. The third-order valence-corrected chi connectivity index (χ3v) is 2.37. The van der Waals surface area contributed by atoms with Crippen LogP contribution in [0.4, 0.5) is 0 Å². The zero-order valence-electron chi connectivity index (χ0n) is 9.45. The van der Waals surface area contributed by atoms with Gasteiger partial charge in [-0.1, -0.05) is 6.07 Å². The molecule has 1 aromatic rings. The van der Waals surface area contributed by atoms with Gasteiger partial charge in [0.15, 0.2) is 12.4 Å². The van der Waals surface area contributed by atoms with Gasteiger partial charge in [-0.15, -0.1) is 0 Å². The Hall–Kier alpha value is -2.21. The molecule has 88 valence electrons. The van der Waals surface area contributed by atoms with Gasteiger partial charge >= 0.3 is 5.91 Å². The maximum Gasteiger partial charge on any atom is 0.340 e. The fraction of sp³-hybridized carbons (Fsp3) is 0.182. The molecule has 0 saturated carbocycles. The van der Waals surface area contributed by atoms with Crippen molar-refractivity contribution in [3.05, 3.63) is 36.4 Å². The summed E-state index contributed by atoms with van der Waals surface area (Å²) in [6, 6.07) is 5.11. The van der Waals surface area contributed by atoms with Gasteiger partial charge in [0, 0.05) is 32.0 Å². The standard InChI is InChI=1S/C11H11N3O3/c1-12(2)14-10(16)8(9(15)11(14)17)13-6-4-3-5-7-13/h3-7H,1-2H3. The smallest absolute Gasteiger partial charge is 0.340 e. The Kier molecular flexibility index (Phi) is 2.64. The molecule has 0 aliphatic carbocycles. The van der Waals surface area contributed by atoms with E-state index in [0.717, 1.165) is 5.01 Å². The SMILES string of the molecule is CN(C)N1C(=O)C([O-])=C([n+]2ccccc2)C1=O. The second-order valence-electron chi connectivity index (χ2n) is 3.73. The molecule has 0 saturated heterocycles. The number of rotatable bonds is 2. The number of amides is 2. The first-order valence-corrected chi connectivity index (χ1v) is 4.98. The van der Waals surface area contributed by atoms with Crippen LogP contribution in [0.15, 0.2) is 36.4 Å². The Balaban J connectivity index is 2.49. The maximum atomic E-state index is 12.0. The van der Waals surface area contributed by atoms with E-state index in [2.05, 4.69) is 0 Å². The molecule has 0 fully saturated rings. The number of carbonyl (C=O) groups is 2. The molecule has 0 atom stereocenters. The molecule has 0 spiro atoms. The van der Waals surface area contributed by atoms with Crippen molar-refractivity contribution in [3.63, 3.8) is 0 Å². The van der Waals surface area contributed by atoms with Gasteiger partial charge in [-0.3, -0.25) is 9.59 Å². The van der Waals surface area contributed by atoms with Crippen LogP contribution in [-0.4, -0.2) is 35.9 Å². The van der Waals surface area contributed by atoms with Crippen molar-refractivity contribution in [2.75, 3.05) is 14.1 Å². The fourth-order valence-corrected chi connectivity index (χ4v) is 1.63. The second kappa shape index (κ2) is 3.99. The molecule has 17 heavy (non-hydrogen) atoms. The molecule has 1 aliphatic heterocycles. The number of hydrogen-bond acceptors (Lipinski definition) is 4. The molecule has 6 heteroatoms. The first-order valence-electron chi connectivity index (χ1n) is 4.98. The van der Waals surface area contributed by atoms with Crippen molar-refractivity contribution < 1.29 is 19.3 Å². The number of pyridine rings is 1. The highest BCUT2D eigenvalue weighted by atomic mass is 16.3. The van der Waals surface area contributed by atoms with Crippen LogP contribution in [0.3, 0.4) is 0 Å². The second-order valence-corrected chi connectivity index (χ2v) is 3.73. The molecule has 2 amide bonds. The molecule has 0 aromatic carbocycles. The Labute approximate surface area is 98.0 Å². The average molecular weight is 233 g/mol. The Morgan fingerprint density at radius 1 is 1.12 bits per heavy atom. The Morgan fingerprint density at radius 2 is 1.71 bits per heavy atom. The summed E-state index contributed by atoms with van der Waals surface area (Å²) < 4.78 is 1.35. The monoisotopic (exact) mass is 233 g/mol. The summed E-state index contributed by atoms with van der Waals surface area (Å²) in [5.74, 6) is -2.23. The molecular formula is C11H11N3O3. The molecule has 2 rings (SSSR count). The van der Waals surface area contributed by atoms with Crippen LogP contribution in [0.5, 0.6) is 0 Å². The van der Waals surface area contributed by atoms with Gasteiger partial charge in [0.25, 0.3) is 11.6 Å². The zero-order chi connectivity index (χ0) is 12.6. The van der Waals surface area contributed by atoms with Crippen molar-refractivity contribution in [2.24, 2.45) is 0 Å². The summed E-state index contributed by atoms with van der Waals surface area (Å²) in [7, 11) is 3.06. The van der Waals surface area contributed by atoms with Crippen molar-refractivity contribution in [2.45, 2.75) is 0 Å². The van der Waals surface area contributed by atoms with Crippen LogP contribution in [0.1, 0.15) is 0 Å². The summed E-state index contributed by atoms with van der Waals surface area (Å²) in [6.07, 6.45) is 3.11. The minimum absolute atomic E-state index is 0.149. The average Bonchev–Trinajstić information content (AvgIpc) is 2.51. The van der Waals surface area contributed by atoms with Gasteiger partial charge in [0.1, 0.15) is 0 Å². The normalized spacial score (nSPS) is 16.3. The summed E-state index contributed by atoms with van der Waals surface area (Å²) in [5, 5.41) is 13.8. The van der Waals surface area contributed by atoms with Crippen LogP contribution in [0.25, 0.3) is 5.70 Å². The third-order valence-electron chi connectivity index (χ3n) is 2.37. The molecule has 0 N–H and O–H groups in total. The van der Waals surface area contributed by atoms with E-state index in [1.54, 1.807) is 30.6 Å². The van der Waals surface area contributed by atoms with Crippen LogP contribution in [-0.2, 0) is 9.59 Å². The fourth-order valence-electron chi connectivity index (χ4n) is 1.63. The van der Waals surface area contributed by atoms with Crippen LogP contribution < -0.4 is 9.67 Å². The van der Waals surface area contributed by atoms with E-state index in [0.29, 0.717) is 0 Å². The molecule has 0 unspecified atom stereocenters. The summed E-state index contributed by atoms with van der Waals surface area (Å²) in [4.78, 5) is 23.6. The predicted molar refractivity (Wildman–Crippen MR) is 55.4 cm³/mol. The molecule has 0 bridgehead atoms. The molecule has 0 radical (unpaired) electrons. The van der Waals surface area contributed by atoms with Crippen LogP contribution >= 0.6 is 0 Å². The highest BCUT2D eigenvalue weighted by Gasteiger charge is 2.41. The van der Waals surface area contributed by atoms with Crippen LogP contribution in [0, 0.1) is 0 Å². The van der Waals surface area contributed by atoms with E-state index in [9.17, 15) is 14.7 Å². The number of hydrogen-bond donors (Lipinski definition) is 0. The lowest BCUT2D eigenvalue weighted by Crippen LogP contribution is -2.45. The maximum absolute atomic E-state index is 12.0. The van der Waals surface area contributed by atoms with Gasteiger partial charge in [-0.25, -0.2) is 5.01 Å².